The van der Waals surface area contributed by atoms with Gasteiger partial charge in [0.05, 0.1) is 5.92 Å². The lowest BCUT2D eigenvalue weighted by atomic mass is 9.97. The number of carbonyl (C=O) groups is 2. The van der Waals surface area contributed by atoms with E-state index in [1.807, 2.05) is 6.92 Å². The van der Waals surface area contributed by atoms with E-state index in [1.165, 1.54) is 10.6 Å². The van der Waals surface area contributed by atoms with Gasteiger partial charge in [-0.2, -0.15) is 0 Å². The van der Waals surface area contributed by atoms with E-state index in [1.54, 1.807) is 17.2 Å². The molecule has 1 saturated heterocycles. The summed E-state index contributed by atoms with van der Waals surface area (Å²) in [6.45, 7) is 2.72. The van der Waals surface area contributed by atoms with Crippen molar-refractivity contribution in [2.45, 2.75) is 26.3 Å². The Bertz CT molecular complexity index is 571. The van der Waals surface area contributed by atoms with Gasteiger partial charge in [0.1, 0.15) is 6.54 Å². The van der Waals surface area contributed by atoms with E-state index in [0.29, 0.717) is 25.9 Å². The molecule has 1 aliphatic heterocycles. The van der Waals surface area contributed by atoms with Crippen LogP contribution in [0.5, 0.6) is 0 Å². The minimum Gasteiger partial charge on any atom is -0.481 e. The Morgan fingerprint density at radius 2 is 2.00 bits per heavy atom. The number of nitrogens with zero attached hydrogens (tertiary/aromatic N) is 2. The van der Waals surface area contributed by atoms with Gasteiger partial charge >= 0.3 is 5.97 Å². The zero-order valence-corrected chi connectivity index (χ0v) is 11.4. The van der Waals surface area contributed by atoms with Crippen molar-refractivity contribution < 1.29 is 14.7 Å². The lowest BCUT2D eigenvalue weighted by molar-refractivity contribution is -0.145. The molecule has 1 aliphatic rings. The molecule has 2 heterocycles. The fourth-order valence-electron chi connectivity index (χ4n) is 2.36. The summed E-state index contributed by atoms with van der Waals surface area (Å²) in [5.41, 5.74) is 0.666. The highest BCUT2D eigenvalue weighted by molar-refractivity contribution is 5.76. The molecule has 6 nitrogen and oxygen atoms in total. The summed E-state index contributed by atoms with van der Waals surface area (Å²) in [4.78, 5) is 36.3. The predicted molar refractivity (Wildman–Crippen MR) is 72.4 cm³/mol. The Balaban J connectivity index is 1.96. The lowest BCUT2D eigenvalue weighted by Gasteiger charge is -2.30. The predicted octanol–water partition coefficient (Wildman–Crippen LogP) is 0.480. The number of aryl methyl sites for hydroxylation is 1. The molecule has 0 unspecified atom stereocenters. The van der Waals surface area contributed by atoms with Gasteiger partial charge < -0.3 is 14.6 Å². The number of aliphatic carboxylic acids is 1. The van der Waals surface area contributed by atoms with Crippen molar-refractivity contribution in [3.63, 3.8) is 0 Å². The molecule has 1 aromatic rings. The molecular formula is C14H18N2O4. The van der Waals surface area contributed by atoms with Gasteiger partial charge in [-0.3, -0.25) is 14.4 Å². The first-order valence-electron chi connectivity index (χ1n) is 6.65. The third-order valence-corrected chi connectivity index (χ3v) is 3.65. The van der Waals surface area contributed by atoms with Crippen LogP contribution in [-0.4, -0.2) is 39.5 Å². The minimum absolute atomic E-state index is 0.0108. The number of carboxylic acid groups (broad SMARTS) is 1. The number of aromatic nitrogens is 1. The minimum atomic E-state index is -0.799. The largest absolute Gasteiger partial charge is 0.481 e. The number of likely N-dealkylation sites (tertiary alicyclic amines) is 1. The zero-order chi connectivity index (χ0) is 14.7. The molecule has 1 aromatic heterocycles. The molecule has 0 aromatic carbocycles. The smallest absolute Gasteiger partial charge is 0.306 e. The Kier molecular flexibility index (Phi) is 4.22. The zero-order valence-electron chi connectivity index (χ0n) is 11.4. The molecule has 1 N–H and O–H groups in total. The number of hydrogen-bond acceptors (Lipinski definition) is 3. The van der Waals surface area contributed by atoms with Crippen LogP contribution in [0, 0.1) is 12.8 Å². The summed E-state index contributed by atoms with van der Waals surface area (Å²) >= 11 is 0. The molecule has 1 amide bonds. The maximum Gasteiger partial charge on any atom is 0.306 e. The highest BCUT2D eigenvalue weighted by Gasteiger charge is 2.26. The molecule has 0 radical (unpaired) electrons. The molecular weight excluding hydrogens is 260 g/mol. The number of carbonyl (C=O) groups excluding carboxylic acids is 1. The lowest BCUT2D eigenvalue weighted by Crippen LogP contribution is -2.42. The summed E-state index contributed by atoms with van der Waals surface area (Å²) in [6, 6.07) is 3.27. The number of carboxylic acids is 1. The third kappa shape index (κ3) is 3.26. The molecule has 0 spiro atoms. The van der Waals surface area contributed by atoms with Crippen LogP contribution in [0.2, 0.25) is 0 Å². The first-order chi connectivity index (χ1) is 9.47. The Labute approximate surface area is 116 Å². The molecule has 108 valence electrons. The number of piperidine rings is 1. The van der Waals surface area contributed by atoms with E-state index >= 15 is 0 Å². The second kappa shape index (κ2) is 5.90. The topological polar surface area (TPSA) is 79.6 Å². The van der Waals surface area contributed by atoms with Crippen LogP contribution in [-0.2, 0) is 16.1 Å². The van der Waals surface area contributed by atoms with Crippen LogP contribution < -0.4 is 5.56 Å². The van der Waals surface area contributed by atoms with E-state index < -0.39 is 5.97 Å². The highest BCUT2D eigenvalue weighted by atomic mass is 16.4. The first-order valence-corrected chi connectivity index (χ1v) is 6.65. The molecule has 0 atom stereocenters. The molecule has 0 bridgehead atoms. The highest BCUT2D eigenvalue weighted by Crippen LogP contribution is 2.17. The van der Waals surface area contributed by atoms with Crippen molar-refractivity contribution in [1.29, 1.82) is 0 Å². The van der Waals surface area contributed by atoms with E-state index in [4.69, 9.17) is 5.11 Å². The van der Waals surface area contributed by atoms with Crippen molar-refractivity contribution in [3.05, 3.63) is 34.2 Å². The van der Waals surface area contributed by atoms with Crippen LogP contribution in [0.25, 0.3) is 0 Å². The quantitative estimate of drug-likeness (QED) is 0.872. The third-order valence-electron chi connectivity index (χ3n) is 3.65. The molecule has 2 rings (SSSR count). The fourth-order valence-corrected chi connectivity index (χ4v) is 2.36. The van der Waals surface area contributed by atoms with Gasteiger partial charge in [0.15, 0.2) is 0 Å². The standard InChI is InChI=1S/C14H18N2O4/c1-10-2-5-16(12(17)8-10)9-13(18)15-6-3-11(4-7-15)14(19)20/h2,5,8,11H,3-4,6-7,9H2,1H3,(H,19,20). The van der Waals surface area contributed by atoms with E-state index in [0.717, 1.165) is 5.56 Å². The number of hydrogen-bond donors (Lipinski definition) is 1. The molecule has 6 heteroatoms. The number of amides is 1. The Hall–Kier alpha value is -2.11. The van der Waals surface area contributed by atoms with Crippen LogP contribution in [0.1, 0.15) is 18.4 Å². The summed E-state index contributed by atoms with van der Waals surface area (Å²) < 4.78 is 1.37. The van der Waals surface area contributed by atoms with E-state index in [-0.39, 0.29) is 23.9 Å². The van der Waals surface area contributed by atoms with E-state index in [9.17, 15) is 14.4 Å². The molecule has 1 fully saturated rings. The average molecular weight is 278 g/mol. The summed E-state index contributed by atoms with van der Waals surface area (Å²) in [6.07, 6.45) is 2.56. The number of rotatable bonds is 3. The van der Waals surface area contributed by atoms with Gasteiger partial charge in [-0.15, -0.1) is 0 Å². The van der Waals surface area contributed by atoms with Gasteiger partial charge in [-0.05, 0) is 31.4 Å². The first kappa shape index (κ1) is 14.3. The van der Waals surface area contributed by atoms with E-state index in [2.05, 4.69) is 0 Å². The van der Waals surface area contributed by atoms with Gasteiger partial charge in [0, 0.05) is 25.4 Å². The normalized spacial score (nSPS) is 16.1. The second-order valence-corrected chi connectivity index (χ2v) is 5.16. The average Bonchev–Trinajstić information content (AvgIpc) is 2.42. The molecule has 0 aliphatic carbocycles. The van der Waals surface area contributed by atoms with Crippen molar-refractivity contribution in [2.24, 2.45) is 5.92 Å². The Morgan fingerprint density at radius 3 is 2.55 bits per heavy atom. The van der Waals surface area contributed by atoms with Crippen molar-refractivity contribution in [3.8, 4) is 0 Å². The SMILES string of the molecule is Cc1ccn(CC(=O)N2CCC(C(=O)O)CC2)c(=O)c1. The summed E-state index contributed by atoms with van der Waals surface area (Å²) in [5.74, 6) is -1.30. The van der Waals surface area contributed by atoms with Gasteiger partial charge in [0.25, 0.3) is 5.56 Å². The second-order valence-electron chi connectivity index (χ2n) is 5.16. The monoisotopic (exact) mass is 278 g/mol. The van der Waals surface area contributed by atoms with Gasteiger partial charge in [0.2, 0.25) is 5.91 Å². The van der Waals surface area contributed by atoms with Crippen molar-refractivity contribution >= 4 is 11.9 Å². The van der Waals surface area contributed by atoms with Gasteiger partial charge in [-0.25, -0.2) is 0 Å². The summed E-state index contributed by atoms with van der Waals surface area (Å²) in [7, 11) is 0. The summed E-state index contributed by atoms with van der Waals surface area (Å²) in [5, 5.41) is 8.91. The number of pyridine rings is 1. The van der Waals surface area contributed by atoms with Crippen LogP contribution >= 0.6 is 0 Å². The molecule has 0 saturated carbocycles. The maximum absolute atomic E-state index is 12.1. The van der Waals surface area contributed by atoms with Crippen molar-refractivity contribution in [2.75, 3.05) is 13.1 Å². The molecule has 20 heavy (non-hydrogen) atoms. The fraction of sp³-hybridized carbons (Fsp3) is 0.500. The van der Waals surface area contributed by atoms with Crippen molar-refractivity contribution in [1.82, 2.24) is 9.47 Å². The van der Waals surface area contributed by atoms with Crippen LogP contribution in [0.3, 0.4) is 0 Å². The van der Waals surface area contributed by atoms with Crippen LogP contribution in [0.4, 0.5) is 0 Å². The van der Waals surface area contributed by atoms with Gasteiger partial charge in [-0.1, -0.05) is 0 Å². The van der Waals surface area contributed by atoms with Crippen LogP contribution in [0.15, 0.2) is 23.1 Å². The maximum atomic E-state index is 12.1. The Morgan fingerprint density at radius 1 is 1.35 bits per heavy atom.